The maximum absolute atomic E-state index is 11.8. The van der Waals surface area contributed by atoms with Crippen molar-refractivity contribution < 1.29 is 4.79 Å². The molecule has 0 aliphatic carbocycles. The monoisotopic (exact) mass is 239 g/mol. The van der Waals surface area contributed by atoms with Gasteiger partial charge in [-0.05, 0) is 12.3 Å². The van der Waals surface area contributed by atoms with Crippen LogP contribution in [0.5, 0.6) is 0 Å². The van der Waals surface area contributed by atoms with E-state index in [1.807, 2.05) is 0 Å². The number of hydrogen-bond donors (Lipinski definition) is 2. The quantitative estimate of drug-likeness (QED) is 0.734. The molecule has 1 aromatic rings. The Bertz CT molecular complexity index is 360. The Hall–Kier alpha value is -1.43. The summed E-state index contributed by atoms with van der Waals surface area (Å²) in [7, 11) is 1.79. The number of nitrogens with two attached hydrogens (primary N) is 1. The van der Waals surface area contributed by atoms with Gasteiger partial charge < -0.3 is 11.1 Å². The van der Waals surface area contributed by atoms with E-state index < -0.39 is 0 Å². The molecule has 1 heterocycles. The normalized spacial score (nSPS) is 12.8. The zero-order chi connectivity index (χ0) is 12.8. The number of aryl methyl sites for hydroxylation is 1. The second kappa shape index (κ2) is 6.34. The molecule has 0 radical (unpaired) electrons. The predicted octanol–water partition coefficient (Wildman–Crippen LogP) is 0.0523. The number of carbonyl (C=O) groups is 1. The van der Waals surface area contributed by atoms with E-state index in [4.69, 9.17) is 5.73 Å². The lowest BCUT2D eigenvalue weighted by molar-refractivity contribution is -0.125. The Morgan fingerprint density at radius 2 is 2.29 bits per heavy atom. The van der Waals surface area contributed by atoms with E-state index in [9.17, 15) is 4.79 Å². The van der Waals surface area contributed by atoms with Crippen LogP contribution in [0.15, 0.2) is 6.33 Å². The van der Waals surface area contributed by atoms with Crippen LogP contribution >= 0.6 is 0 Å². The van der Waals surface area contributed by atoms with Crippen LogP contribution in [0.25, 0.3) is 0 Å². The van der Waals surface area contributed by atoms with Crippen LogP contribution in [0.3, 0.4) is 0 Å². The Kier molecular flexibility index (Phi) is 5.09. The molecule has 0 spiro atoms. The van der Waals surface area contributed by atoms with Crippen molar-refractivity contribution in [2.24, 2.45) is 24.6 Å². The molecule has 1 unspecified atom stereocenters. The summed E-state index contributed by atoms with van der Waals surface area (Å²) in [5, 5.41) is 6.90. The van der Waals surface area contributed by atoms with Crippen LogP contribution in [0.2, 0.25) is 0 Å². The molecule has 1 atom stereocenters. The highest BCUT2D eigenvalue weighted by atomic mass is 16.1. The average Bonchev–Trinajstić information content (AvgIpc) is 2.68. The van der Waals surface area contributed by atoms with E-state index >= 15 is 0 Å². The predicted molar refractivity (Wildman–Crippen MR) is 64.8 cm³/mol. The molecule has 0 fully saturated rings. The minimum Gasteiger partial charge on any atom is -0.348 e. The average molecular weight is 239 g/mol. The molecule has 0 aromatic carbocycles. The summed E-state index contributed by atoms with van der Waals surface area (Å²) in [6.07, 6.45) is 2.41. The summed E-state index contributed by atoms with van der Waals surface area (Å²) < 4.78 is 1.61. The lowest BCUT2D eigenvalue weighted by Gasteiger charge is -2.16. The minimum absolute atomic E-state index is 0.0198. The first-order valence-electron chi connectivity index (χ1n) is 5.85. The van der Waals surface area contributed by atoms with Gasteiger partial charge in [-0.15, -0.1) is 0 Å². The molecular weight excluding hydrogens is 218 g/mol. The first-order chi connectivity index (χ1) is 8.02. The lowest BCUT2D eigenvalue weighted by Crippen LogP contribution is -2.35. The second-order valence-corrected chi connectivity index (χ2v) is 4.61. The van der Waals surface area contributed by atoms with Crippen molar-refractivity contribution >= 4 is 5.91 Å². The molecule has 1 rings (SSSR count). The van der Waals surface area contributed by atoms with E-state index in [-0.39, 0.29) is 11.8 Å². The fraction of sp³-hybridized carbons (Fsp3) is 0.727. The van der Waals surface area contributed by atoms with Gasteiger partial charge in [0, 0.05) is 13.6 Å². The summed E-state index contributed by atoms with van der Waals surface area (Å²) in [5.74, 6) is 0.927. The van der Waals surface area contributed by atoms with E-state index in [0.717, 1.165) is 6.42 Å². The van der Waals surface area contributed by atoms with Gasteiger partial charge in [0.25, 0.3) is 0 Å². The van der Waals surface area contributed by atoms with Crippen molar-refractivity contribution in [2.75, 3.05) is 6.54 Å². The topological polar surface area (TPSA) is 85.8 Å². The molecule has 6 nitrogen and oxygen atoms in total. The molecule has 1 aromatic heterocycles. The third-order valence-electron chi connectivity index (χ3n) is 2.48. The van der Waals surface area contributed by atoms with E-state index in [1.54, 1.807) is 18.1 Å². The van der Waals surface area contributed by atoms with Crippen LogP contribution < -0.4 is 11.1 Å². The number of amides is 1. The van der Waals surface area contributed by atoms with Crippen LogP contribution in [0.1, 0.15) is 26.1 Å². The van der Waals surface area contributed by atoms with Crippen molar-refractivity contribution in [3.05, 3.63) is 12.2 Å². The maximum Gasteiger partial charge on any atom is 0.224 e. The van der Waals surface area contributed by atoms with Crippen LogP contribution in [0, 0.1) is 11.8 Å². The largest absolute Gasteiger partial charge is 0.348 e. The standard InChI is InChI=1S/C11H21N5O/c1-8(2)4-9(5-12)11(17)13-6-10-14-7-16(3)15-10/h7-9H,4-6,12H2,1-3H3,(H,13,17). The summed E-state index contributed by atoms with van der Waals surface area (Å²) in [5.41, 5.74) is 5.60. The van der Waals surface area contributed by atoms with Crippen LogP contribution in [-0.2, 0) is 18.4 Å². The minimum atomic E-state index is -0.126. The van der Waals surface area contributed by atoms with E-state index in [2.05, 4.69) is 29.2 Å². The van der Waals surface area contributed by atoms with Crippen molar-refractivity contribution in [3.8, 4) is 0 Å². The third kappa shape index (κ3) is 4.52. The Balaban J connectivity index is 2.42. The molecular formula is C11H21N5O. The smallest absolute Gasteiger partial charge is 0.224 e. The summed E-state index contributed by atoms with van der Waals surface area (Å²) in [6, 6.07) is 0. The van der Waals surface area contributed by atoms with Gasteiger partial charge in [0.1, 0.15) is 6.33 Å². The highest BCUT2D eigenvalue weighted by Crippen LogP contribution is 2.10. The molecule has 3 N–H and O–H groups in total. The number of rotatable bonds is 6. The van der Waals surface area contributed by atoms with Gasteiger partial charge in [-0.25, -0.2) is 4.98 Å². The zero-order valence-electron chi connectivity index (χ0n) is 10.7. The van der Waals surface area contributed by atoms with Gasteiger partial charge in [0.05, 0.1) is 12.5 Å². The number of aromatic nitrogens is 3. The van der Waals surface area contributed by atoms with Crippen LogP contribution in [-0.4, -0.2) is 27.2 Å². The Morgan fingerprint density at radius 3 is 2.76 bits per heavy atom. The lowest BCUT2D eigenvalue weighted by atomic mass is 9.96. The molecule has 0 aliphatic rings. The molecule has 0 saturated carbocycles. The van der Waals surface area contributed by atoms with Gasteiger partial charge in [-0.2, -0.15) is 5.10 Å². The van der Waals surface area contributed by atoms with E-state index in [1.165, 1.54) is 0 Å². The number of carbonyl (C=O) groups excluding carboxylic acids is 1. The number of nitrogens with one attached hydrogen (secondary N) is 1. The molecule has 1 amide bonds. The molecule has 0 bridgehead atoms. The highest BCUT2D eigenvalue weighted by molar-refractivity contribution is 5.78. The maximum atomic E-state index is 11.8. The summed E-state index contributed by atoms with van der Waals surface area (Å²) in [6.45, 7) is 4.89. The number of hydrogen-bond acceptors (Lipinski definition) is 4. The third-order valence-corrected chi connectivity index (χ3v) is 2.48. The Morgan fingerprint density at radius 1 is 1.59 bits per heavy atom. The molecule has 0 saturated heterocycles. The summed E-state index contributed by atoms with van der Waals surface area (Å²) in [4.78, 5) is 15.9. The van der Waals surface area contributed by atoms with Crippen LogP contribution in [0.4, 0.5) is 0 Å². The van der Waals surface area contributed by atoms with Crippen molar-refractivity contribution in [2.45, 2.75) is 26.8 Å². The van der Waals surface area contributed by atoms with Crippen molar-refractivity contribution in [1.82, 2.24) is 20.1 Å². The SMILES string of the molecule is CC(C)CC(CN)C(=O)NCc1ncn(C)n1. The Labute approximate surface area is 102 Å². The van der Waals surface area contributed by atoms with Gasteiger partial charge in [0.2, 0.25) is 5.91 Å². The molecule has 0 aliphatic heterocycles. The fourth-order valence-electron chi connectivity index (χ4n) is 1.65. The first kappa shape index (κ1) is 13.6. The van der Waals surface area contributed by atoms with Gasteiger partial charge in [-0.1, -0.05) is 13.8 Å². The van der Waals surface area contributed by atoms with E-state index in [0.29, 0.717) is 24.8 Å². The van der Waals surface area contributed by atoms with Gasteiger partial charge in [0.15, 0.2) is 5.82 Å². The molecule has 17 heavy (non-hydrogen) atoms. The molecule has 96 valence electrons. The summed E-state index contributed by atoms with van der Waals surface area (Å²) >= 11 is 0. The first-order valence-corrected chi connectivity index (χ1v) is 5.85. The van der Waals surface area contributed by atoms with Gasteiger partial charge in [-0.3, -0.25) is 9.48 Å². The zero-order valence-corrected chi connectivity index (χ0v) is 10.7. The van der Waals surface area contributed by atoms with Crippen molar-refractivity contribution in [1.29, 1.82) is 0 Å². The fourth-order valence-corrected chi connectivity index (χ4v) is 1.65. The second-order valence-electron chi connectivity index (χ2n) is 4.61. The van der Waals surface area contributed by atoms with Crippen molar-refractivity contribution in [3.63, 3.8) is 0 Å². The highest BCUT2D eigenvalue weighted by Gasteiger charge is 2.18. The number of nitrogens with zero attached hydrogens (tertiary/aromatic N) is 3. The van der Waals surface area contributed by atoms with Gasteiger partial charge >= 0.3 is 0 Å². The molecule has 6 heteroatoms.